The van der Waals surface area contributed by atoms with Gasteiger partial charge in [0.2, 0.25) is 17.7 Å². The normalized spacial score (nSPS) is 18.0. The fourth-order valence-corrected chi connectivity index (χ4v) is 6.10. The van der Waals surface area contributed by atoms with Crippen LogP contribution in [-0.2, 0) is 14.4 Å². The van der Waals surface area contributed by atoms with Gasteiger partial charge in [0.1, 0.15) is 12.1 Å². The van der Waals surface area contributed by atoms with E-state index in [1.807, 2.05) is 64.4 Å². The second kappa shape index (κ2) is 15.8. The minimum absolute atomic E-state index is 0.0342. The van der Waals surface area contributed by atoms with Crippen LogP contribution < -0.4 is 10.6 Å². The highest BCUT2D eigenvalue weighted by molar-refractivity contribution is 7.13. The summed E-state index contributed by atoms with van der Waals surface area (Å²) in [5.74, 6) is -0.916. The molecule has 1 aromatic carbocycles. The van der Waals surface area contributed by atoms with E-state index in [1.54, 1.807) is 11.3 Å². The molecule has 12 heteroatoms. The third-order valence-electron chi connectivity index (χ3n) is 7.79. The van der Waals surface area contributed by atoms with Gasteiger partial charge < -0.3 is 20.6 Å². The highest BCUT2D eigenvalue weighted by Crippen LogP contribution is 2.29. The highest BCUT2D eigenvalue weighted by atomic mass is 32.1. The third-order valence-corrected chi connectivity index (χ3v) is 8.76. The number of aliphatic hydroxyl groups excluding tert-OH is 1. The number of aryl methyl sites for hydroxylation is 1. The Labute approximate surface area is 258 Å². The Hall–Kier alpha value is -3.47. The van der Waals surface area contributed by atoms with Gasteiger partial charge in [-0.05, 0) is 48.8 Å². The molecule has 0 bridgehead atoms. The molecule has 1 fully saturated rings. The van der Waals surface area contributed by atoms with Gasteiger partial charge in [-0.3, -0.25) is 14.4 Å². The Balaban J connectivity index is 1.59. The molecule has 2 heterocycles. The van der Waals surface area contributed by atoms with Gasteiger partial charge in [0, 0.05) is 30.8 Å². The predicted octanol–water partition coefficient (Wildman–Crippen LogP) is 5.44. The van der Waals surface area contributed by atoms with Gasteiger partial charge in [0.15, 0.2) is 0 Å². The van der Waals surface area contributed by atoms with E-state index in [9.17, 15) is 19.5 Å². The lowest BCUT2D eigenvalue weighted by atomic mass is 9.85. The number of unbranched alkanes of at least 4 members (excludes halogenated alkanes) is 4. The van der Waals surface area contributed by atoms with Crippen LogP contribution in [0.25, 0.3) is 20.9 Å². The largest absolute Gasteiger partial charge is 0.391 e. The van der Waals surface area contributed by atoms with Crippen molar-refractivity contribution in [3.8, 4) is 10.4 Å². The van der Waals surface area contributed by atoms with Crippen LogP contribution in [0.15, 0.2) is 34.9 Å². The number of carbonyl (C=O) groups excluding carboxylic acids is 3. The summed E-state index contributed by atoms with van der Waals surface area (Å²) in [4.78, 5) is 49.6. The van der Waals surface area contributed by atoms with E-state index >= 15 is 0 Å². The quantitative estimate of drug-likeness (QED) is 0.112. The summed E-state index contributed by atoms with van der Waals surface area (Å²) >= 11 is 1.58. The van der Waals surface area contributed by atoms with Gasteiger partial charge in [-0.1, -0.05) is 69.4 Å². The van der Waals surface area contributed by atoms with Crippen molar-refractivity contribution in [2.24, 2.45) is 10.5 Å². The predicted molar refractivity (Wildman–Crippen MR) is 168 cm³/mol. The molecule has 234 valence electrons. The highest BCUT2D eigenvalue weighted by Gasteiger charge is 2.44. The van der Waals surface area contributed by atoms with Crippen molar-refractivity contribution in [2.45, 2.75) is 104 Å². The minimum Gasteiger partial charge on any atom is -0.391 e. The third kappa shape index (κ3) is 9.77. The Bertz CT molecular complexity index is 1280. The fourth-order valence-electron chi connectivity index (χ4n) is 5.29. The topological polar surface area (TPSA) is 160 Å². The molecule has 0 spiro atoms. The van der Waals surface area contributed by atoms with Gasteiger partial charge >= 0.3 is 0 Å². The van der Waals surface area contributed by atoms with Crippen molar-refractivity contribution in [2.75, 3.05) is 13.1 Å². The van der Waals surface area contributed by atoms with Crippen LogP contribution in [0.3, 0.4) is 0 Å². The van der Waals surface area contributed by atoms with E-state index in [-0.39, 0.29) is 36.7 Å². The van der Waals surface area contributed by atoms with Crippen LogP contribution in [-0.4, -0.2) is 64.0 Å². The fraction of sp³-hybridized carbons (Fsp3) is 0.613. The molecule has 2 aromatic rings. The zero-order valence-corrected chi connectivity index (χ0v) is 26.7. The molecule has 1 aromatic heterocycles. The summed E-state index contributed by atoms with van der Waals surface area (Å²) in [6.07, 6.45) is 3.85. The van der Waals surface area contributed by atoms with E-state index in [2.05, 4.69) is 25.6 Å². The molecule has 3 rings (SSSR count). The number of carbonyl (C=O) groups is 3. The van der Waals surface area contributed by atoms with Crippen molar-refractivity contribution >= 4 is 29.1 Å². The lowest BCUT2D eigenvalue weighted by Gasteiger charge is -2.35. The van der Waals surface area contributed by atoms with Crippen LogP contribution >= 0.6 is 11.3 Å². The molecule has 0 unspecified atom stereocenters. The van der Waals surface area contributed by atoms with E-state index < -0.39 is 23.6 Å². The van der Waals surface area contributed by atoms with Crippen LogP contribution in [0.5, 0.6) is 0 Å². The second-order valence-corrected chi connectivity index (χ2v) is 13.2. The number of aromatic nitrogens is 1. The van der Waals surface area contributed by atoms with Gasteiger partial charge in [0.25, 0.3) is 0 Å². The molecule has 1 aliphatic rings. The summed E-state index contributed by atoms with van der Waals surface area (Å²) < 4.78 is 0. The number of thiazole rings is 1. The average molecular weight is 612 g/mol. The number of hydrogen-bond acceptors (Lipinski definition) is 7. The number of aliphatic hydroxyl groups is 1. The summed E-state index contributed by atoms with van der Waals surface area (Å²) in [7, 11) is 0. The first-order valence-electron chi connectivity index (χ1n) is 15.0. The maximum absolute atomic E-state index is 13.8. The van der Waals surface area contributed by atoms with E-state index in [0.29, 0.717) is 19.4 Å². The summed E-state index contributed by atoms with van der Waals surface area (Å²) in [5, 5.41) is 19.9. The van der Waals surface area contributed by atoms with Gasteiger partial charge in [-0.15, -0.1) is 11.3 Å². The molecule has 3 N–H and O–H groups in total. The van der Waals surface area contributed by atoms with Crippen LogP contribution in [0.2, 0.25) is 0 Å². The Morgan fingerprint density at radius 3 is 2.44 bits per heavy atom. The molecule has 0 aliphatic carbocycles. The monoisotopic (exact) mass is 611 g/mol. The van der Waals surface area contributed by atoms with E-state index in [0.717, 1.165) is 47.4 Å². The first-order valence-corrected chi connectivity index (χ1v) is 15.9. The molecule has 0 saturated carbocycles. The Kier molecular flexibility index (Phi) is 12.5. The molecule has 3 amide bonds. The number of likely N-dealkylation sites (tertiary alicyclic amines) is 1. The molecule has 4 atom stereocenters. The van der Waals surface area contributed by atoms with Crippen molar-refractivity contribution in [1.82, 2.24) is 20.5 Å². The maximum atomic E-state index is 13.8. The molecular formula is C31H45N7O4S. The molecule has 11 nitrogen and oxygen atoms in total. The lowest BCUT2D eigenvalue weighted by Crippen LogP contribution is -2.57. The number of nitrogens with one attached hydrogen (secondary N) is 2. The van der Waals surface area contributed by atoms with Crippen molar-refractivity contribution < 1.29 is 19.5 Å². The zero-order chi connectivity index (χ0) is 31.6. The number of amides is 3. The standard InChI is InChI=1S/C31H45N7O4S/c1-20(22-12-14-23(15-13-22)27-21(2)33-19-43-27)35-29(41)25-17-24(39)18-38(25)30(42)28(31(3,4)5)36-26(40)11-9-7-6-8-10-16-34-37-32/h12-15,19-20,24-25,28,39H,6-11,16-18H2,1-5H3,(H,35,41)(H,36,40)/t20-,24+,25-,28+/m0/s1. The first-order chi connectivity index (χ1) is 20.4. The zero-order valence-electron chi connectivity index (χ0n) is 25.9. The van der Waals surface area contributed by atoms with Gasteiger partial charge in [-0.2, -0.15) is 0 Å². The molecule has 1 saturated heterocycles. The number of benzene rings is 1. The number of nitrogens with zero attached hydrogens (tertiary/aromatic N) is 5. The number of β-amino-alcohol motifs (C(OH)–C–C–N with tert-alkyl or cyclic N) is 1. The average Bonchev–Trinajstić information content (AvgIpc) is 3.57. The molecular weight excluding hydrogens is 566 g/mol. The summed E-state index contributed by atoms with van der Waals surface area (Å²) in [5.41, 5.74) is 12.5. The van der Waals surface area contributed by atoms with E-state index in [1.165, 1.54) is 4.90 Å². The Morgan fingerprint density at radius 2 is 1.81 bits per heavy atom. The van der Waals surface area contributed by atoms with Crippen LogP contribution in [0.4, 0.5) is 0 Å². The lowest BCUT2D eigenvalue weighted by molar-refractivity contribution is -0.144. The van der Waals surface area contributed by atoms with Gasteiger partial charge in [-0.25, -0.2) is 4.98 Å². The summed E-state index contributed by atoms with van der Waals surface area (Å²) in [6, 6.07) is 5.98. The van der Waals surface area contributed by atoms with Crippen molar-refractivity contribution in [1.29, 1.82) is 0 Å². The van der Waals surface area contributed by atoms with Gasteiger partial charge in [0.05, 0.1) is 28.2 Å². The first kappa shape index (κ1) is 34.0. The summed E-state index contributed by atoms with van der Waals surface area (Å²) in [6.45, 7) is 10.0. The molecule has 1 aliphatic heterocycles. The number of hydrogen-bond donors (Lipinski definition) is 3. The van der Waals surface area contributed by atoms with Crippen LogP contribution in [0, 0.1) is 12.3 Å². The van der Waals surface area contributed by atoms with Crippen LogP contribution in [0.1, 0.15) is 89.9 Å². The minimum atomic E-state index is -0.843. The van der Waals surface area contributed by atoms with Crippen molar-refractivity contribution in [3.05, 3.63) is 51.5 Å². The Morgan fingerprint density at radius 1 is 1.14 bits per heavy atom. The SMILES string of the molecule is Cc1ncsc1-c1ccc([C@H](C)NC(=O)[C@@H]2C[C@@H](O)CN2C(=O)[C@@H](NC(=O)CCCCCCCN=[N+]=[N-])C(C)(C)C)cc1. The number of rotatable bonds is 14. The smallest absolute Gasteiger partial charge is 0.246 e. The van der Waals surface area contributed by atoms with Crippen molar-refractivity contribution in [3.63, 3.8) is 0 Å². The maximum Gasteiger partial charge on any atom is 0.246 e. The van der Waals surface area contributed by atoms with E-state index in [4.69, 9.17) is 5.53 Å². The molecule has 43 heavy (non-hydrogen) atoms. The number of azide groups is 1. The second-order valence-electron chi connectivity index (χ2n) is 12.4. The molecule has 0 radical (unpaired) electrons.